The number of pyridine rings is 1. The average Bonchev–Trinajstić information content (AvgIpc) is 2.04. The molecule has 0 aromatic carbocycles. The van der Waals surface area contributed by atoms with Crippen molar-refractivity contribution in [2.45, 2.75) is 11.8 Å². The number of alkyl halides is 1. The highest BCUT2D eigenvalue weighted by Crippen LogP contribution is 2.21. The van der Waals surface area contributed by atoms with Crippen LogP contribution in [0, 0.1) is 10.1 Å². The number of aromatic nitrogens is 1. The van der Waals surface area contributed by atoms with Crippen LogP contribution in [0.3, 0.4) is 0 Å². The van der Waals surface area contributed by atoms with E-state index in [0.29, 0.717) is 0 Å². The Morgan fingerprint density at radius 3 is 2.67 bits per heavy atom. The zero-order valence-electron chi connectivity index (χ0n) is 6.40. The molecule has 1 aromatic heterocycles. The smallest absolute Gasteiger partial charge is 0.358 e. The van der Waals surface area contributed by atoms with Crippen LogP contribution >= 0.6 is 15.9 Å². The van der Waals surface area contributed by atoms with E-state index < -0.39 is 4.92 Å². The van der Waals surface area contributed by atoms with Gasteiger partial charge in [0.05, 0.1) is 0 Å². The van der Waals surface area contributed by atoms with E-state index in [1.54, 1.807) is 6.07 Å². The van der Waals surface area contributed by atoms with Crippen LogP contribution in [-0.2, 0) is 0 Å². The monoisotopic (exact) mass is 230 g/mol. The van der Waals surface area contributed by atoms with E-state index in [1.807, 2.05) is 6.92 Å². The number of hydrogen-bond acceptors (Lipinski definition) is 3. The highest BCUT2D eigenvalue weighted by molar-refractivity contribution is 9.09. The van der Waals surface area contributed by atoms with Gasteiger partial charge in [0, 0.05) is 16.5 Å². The van der Waals surface area contributed by atoms with Crippen molar-refractivity contribution in [2.75, 3.05) is 0 Å². The summed E-state index contributed by atoms with van der Waals surface area (Å²) >= 11 is 3.33. The highest BCUT2D eigenvalue weighted by Gasteiger charge is 2.08. The Bertz CT molecular complexity index is 284. The van der Waals surface area contributed by atoms with Crippen LogP contribution in [0.5, 0.6) is 0 Å². The van der Waals surface area contributed by atoms with Gasteiger partial charge in [-0.05, 0) is 22.9 Å². The van der Waals surface area contributed by atoms with Gasteiger partial charge < -0.3 is 10.1 Å². The van der Waals surface area contributed by atoms with Crippen LogP contribution in [-0.4, -0.2) is 9.91 Å². The lowest BCUT2D eigenvalue weighted by Crippen LogP contribution is -1.93. The molecule has 0 aliphatic carbocycles. The lowest BCUT2D eigenvalue weighted by atomic mass is 10.2. The molecule has 0 N–H and O–H groups in total. The molecule has 0 aliphatic rings. The van der Waals surface area contributed by atoms with E-state index in [-0.39, 0.29) is 10.6 Å². The summed E-state index contributed by atoms with van der Waals surface area (Å²) < 4.78 is 0. The minimum atomic E-state index is -0.511. The predicted octanol–water partition coefficient (Wildman–Crippen LogP) is 2.45. The molecule has 64 valence electrons. The maximum atomic E-state index is 10.2. The Labute approximate surface area is 77.9 Å². The first kappa shape index (κ1) is 9.12. The molecule has 1 heterocycles. The second kappa shape index (κ2) is 3.62. The Kier molecular flexibility index (Phi) is 2.75. The first-order valence-corrected chi connectivity index (χ1v) is 4.27. The van der Waals surface area contributed by atoms with Crippen LogP contribution < -0.4 is 0 Å². The maximum Gasteiger partial charge on any atom is 0.363 e. The van der Waals surface area contributed by atoms with Gasteiger partial charge in [-0.1, -0.05) is 15.9 Å². The van der Waals surface area contributed by atoms with Gasteiger partial charge >= 0.3 is 5.82 Å². The molecule has 0 aliphatic heterocycles. The molecule has 5 heteroatoms. The largest absolute Gasteiger partial charge is 0.363 e. The summed E-state index contributed by atoms with van der Waals surface area (Å²) in [5.74, 6) is -0.119. The summed E-state index contributed by atoms with van der Waals surface area (Å²) in [5.41, 5.74) is 0.931. The van der Waals surface area contributed by atoms with Gasteiger partial charge in [-0.2, -0.15) is 0 Å². The van der Waals surface area contributed by atoms with Gasteiger partial charge in [-0.3, -0.25) is 0 Å². The van der Waals surface area contributed by atoms with Crippen molar-refractivity contribution in [2.24, 2.45) is 0 Å². The molecule has 0 amide bonds. The van der Waals surface area contributed by atoms with Crippen LogP contribution in [0.25, 0.3) is 0 Å². The van der Waals surface area contributed by atoms with Crippen molar-refractivity contribution in [1.82, 2.24) is 4.98 Å². The molecule has 0 radical (unpaired) electrons. The highest BCUT2D eigenvalue weighted by atomic mass is 79.9. The van der Waals surface area contributed by atoms with Crippen molar-refractivity contribution in [3.05, 3.63) is 34.0 Å². The molecule has 0 spiro atoms. The number of rotatable bonds is 2. The van der Waals surface area contributed by atoms with Crippen LogP contribution in [0.1, 0.15) is 17.3 Å². The Morgan fingerprint density at radius 2 is 2.33 bits per heavy atom. The van der Waals surface area contributed by atoms with Crippen LogP contribution in [0.15, 0.2) is 18.3 Å². The van der Waals surface area contributed by atoms with Crippen molar-refractivity contribution >= 4 is 21.7 Å². The lowest BCUT2D eigenvalue weighted by molar-refractivity contribution is -0.389. The second-order valence-electron chi connectivity index (χ2n) is 2.32. The number of nitro groups is 1. The maximum absolute atomic E-state index is 10.2. The minimum absolute atomic E-state index is 0.119. The summed E-state index contributed by atoms with van der Waals surface area (Å²) in [4.78, 5) is 13.5. The molecule has 0 saturated carbocycles. The van der Waals surface area contributed by atoms with Gasteiger partial charge in [-0.15, -0.1) is 0 Å². The third-order valence-corrected chi connectivity index (χ3v) is 1.95. The lowest BCUT2D eigenvalue weighted by Gasteiger charge is -1.98. The molecule has 1 aromatic rings. The van der Waals surface area contributed by atoms with E-state index in [2.05, 4.69) is 20.9 Å². The molecule has 1 rings (SSSR count). The second-order valence-corrected chi connectivity index (χ2v) is 3.70. The minimum Gasteiger partial charge on any atom is -0.358 e. The van der Waals surface area contributed by atoms with E-state index in [9.17, 15) is 10.1 Å². The van der Waals surface area contributed by atoms with Gasteiger partial charge in [-0.25, -0.2) is 0 Å². The Morgan fingerprint density at radius 1 is 1.67 bits per heavy atom. The SMILES string of the molecule is CC(Br)c1ccc([N+](=O)[O-])nc1. The van der Waals surface area contributed by atoms with Gasteiger partial charge in [0.2, 0.25) is 0 Å². The van der Waals surface area contributed by atoms with E-state index in [1.165, 1.54) is 12.3 Å². The Hall–Kier alpha value is -0.970. The fourth-order valence-electron chi connectivity index (χ4n) is 0.741. The molecule has 0 saturated heterocycles. The summed E-state index contributed by atoms with van der Waals surface area (Å²) in [5, 5.41) is 10.2. The molecular formula is C7H7BrN2O2. The average molecular weight is 231 g/mol. The molecular weight excluding hydrogens is 224 g/mol. The van der Waals surface area contributed by atoms with Crippen LogP contribution in [0.2, 0.25) is 0 Å². The summed E-state index contributed by atoms with van der Waals surface area (Å²) in [6.07, 6.45) is 1.50. The fourth-order valence-corrected chi connectivity index (χ4v) is 1.01. The first-order valence-electron chi connectivity index (χ1n) is 3.35. The Balaban J connectivity index is 2.93. The van der Waals surface area contributed by atoms with E-state index in [4.69, 9.17) is 0 Å². The van der Waals surface area contributed by atoms with E-state index in [0.717, 1.165) is 5.56 Å². The summed E-state index contributed by atoms with van der Waals surface area (Å²) in [6.45, 7) is 1.93. The fraction of sp³-hybridized carbons (Fsp3) is 0.286. The van der Waals surface area contributed by atoms with Crippen LogP contribution in [0.4, 0.5) is 5.82 Å². The molecule has 0 bridgehead atoms. The number of halogens is 1. The van der Waals surface area contributed by atoms with Crippen molar-refractivity contribution < 1.29 is 4.92 Å². The summed E-state index contributed by atoms with van der Waals surface area (Å²) in [7, 11) is 0. The molecule has 1 unspecified atom stereocenters. The first-order chi connectivity index (χ1) is 5.61. The molecule has 12 heavy (non-hydrogen) atoms. The van der Waals surface area contributed by atoms with Gasteiger partial charge in [0.1, 0.15) is 6.20 Å². The predicted molar refractivity (Wildman–Crippen MR) is 48.2 cm³/mol. The van der Waals surface area contributed by atoms with Crippen molar-refractivity contribution in [3.8, 4) is 0 Å². The number of hydrogen-bond donors (Lipinski definition) is 0. The zero-order valence-corrected chi connectivity index (χ0v) is 7.98. The topological polar surface area (TPSA) is 56.0 Å². The third-order valence-electron chi connectivity index (χ3n) is 1.42. The standard InChI is InChI=1S/C7H7BrN2O2/c1-5(8)6-2-3-7(9-4-6)10(11)12/h2-5H,1H3. The van der Waals surface area contributed by atoms with Crippen molar-refractivity contribution in [1.29, 1.82) is 0 Å². The molecule has 1 atom stereocenters. The van der Waals surface area contributed by atoms with Gasteiger partial charge in [0.15, 0.2) is 0 Å². The quantitative estimate of drug-likeness (QED) is 0.446. The van der Waals surface area contributed by atoms with E-state index >= 15 is 0 Å². The number of nitrogens with zero attached hydrogens (tertiary/aromatic N) is 2. The zero-order chi connectivity index (χ0) is 9.14. The molecule has 4 nitrogen and oxygen atoms in total. The normalized spacial score (nSPS) is 12.5. The third kappa shape index (κ3) is 2.01. The summed E-state index contributed by atoms with van der Waals surface area (Å²) in [6, 6.07) is 3.08. The molecule has 0 fully saturated rings. The van der Waals surface area contributed by atoms with Crippen molar-refractivity contribution in [3.63, 3.8) is 0 Å². The van der Waals surface area contributed by atoms with Gasteiger partial charge in [0.25, 0.3) is 0 Å².